The first-order valence-corrected chi connectivity index (χ1v) is 6.59. The lowest BCUT2D eigenvalue weighted by molar-refractivity contribution is 0.543. The number of aromatic nitrogens is 3. The lowest BCUT2D eigenvalue weighted by Gasteiger charge is -2.21. The van der Waals surface area contributed by atoms with E-state index in [0.717, 1.165) is 21.4 Å². The molecule has 0 saturated carbocycles. The van der Waals surface area contributed by atoms with Crippen molar-refractivity contribution in [3.05, 3.63) is 33.9 Å². The van der Waals surface area contributed by atoms with Crippen LogP contribution >= 0.6 is 15.9 Å². The van der Waals surface area contributed by atoms with Crippen molar-refractivity contribution in [2.24, 2.45) is 0 Å². The highest BCUT2D eigenvalue weighted by molar-refractivity contribution is 9.10. The van der Waals surface area contributed by atoms with Gasteiger partial charge in [0.05, 0.1) is 11.4 Å². The van der Waals surface area contributed by atoms with Crippen molar-refractivity contribution in [3.8, 4) is 5.69 Å². The molecule has 0 bridgehead atoms. The SMILES string of the molecule is Cc1c(Br)cccc1-n1nnc(N)c1C(C)(C)C. The highest BCUT2D eigenvalue weighted by atomic mass is 79.9. The van der Waals surface area contributed by atoms with Gasteiger partial charge in [0, 0.05) is 9.89 Å². The Morgan fingerprint density at radius 2 is 1.94 bits per heavy atom. The highest BCUT2D eigenvalue weighted by Gasteiger charge is 2.25. The minimum Gasteiger partial charge on any atom is -0.381 e. The van der Waals surface area contributed by atoms with Gasteiger partial charge in [-0.3, -0.25) is 0 Å². The summed E-state index contributed by atoms with van der Waals surface area (Å²) >= 11 is 3.53. The quantitative estimate of drug-likeness (QED) is 0.880. The van der Waals surface area contributed by atoms with Crippen molar-refractivity contribution in [1.29, 1.82) is 0 Å². The topological polar surface area (TPSA) is 56.7 Å². The van der Waals surface area contributed by atoms with Gasteiger partial charge in [-0.15, -0.1) is 5.10 Å². The molecule has 1 aromatic carbocycles. The molecule has 18 heavy (non-hydrogen) atoms. The highest BCUT2D eigenvalue weighted by Crippen LogP contribution is 2.30. The number of anilines is 1. The molecule has 0 radical (unpaired) electrons. The standard InChI is InChI=1S/C13H17BrN4/c1-8-9(14)6-5-7-10(8)18-11(13(2,3)4)12(15)16-17-18/h5-7H,15H2,1-4H3. The minimum absolute atomic E-state index is 0.109. The van der Waals surface area contributed by atoms with Crippen molar-refractivity contribution in [1.82, 2.24) is 15.0 Å². The summed E-state index contributed by atoms with van der Waals surface area (Å²) in [6.07, 6.45) is 0. The first-order chi connectivity index (χ1) is 8.32. The summed E-state index contributed by atoms with van der Waals surface area (Å²) < 4.78 is 2.88. The Morgan fingerprint density at radius 1 is 1.28 bits per heavy atom. The van der Waals surface area contributed by atoms with Crippen molar-refractivity contribution in [2.45, 2.75) is 33.1 Å². The largest absolute Gasteiger partial charge is 0.381 e. The summed E-state index contributed by atoms with van der Waals surface area (Å²) in [4.78, 5) is 0. The summed E-state index contributed by atoms with van der Waals surface area (Å²) in [6, 6.07) is 6.01. The Balaban J connectivity index is 2.70. The molecule has 0 unspecified atom stereocenters. The van der Waals surface area contributed by atoms with E-state index in [2.05, 4.69) is 47.0 Å². The monoisotopic (exact) mass is 308 g/mol. The van der Waals surface area contributed by atoms with Crippen LogP contribution in [0.1, 0.15) is 32.0 Å². The second kappa shape index (κ2) is 4.39. The van der Waals surface area contributed by atoms with E-state index in [4.69, 9.17) is 5.73 Å². The Morgan fingerprint density at radius 3 is 2.56 bits per heavy atom. The molecule has 4 nitrogen and oxygen atoms in total. The van der Waals surface area contributed by atoms with Gasteiger partial charge in [0.2, 0.25) is 0 Å². The summed E-state index contributed by atoms with van der Waals surface area (Å²) in [5, 5.41) is 8.18. The third-order valence-electron chi connectivity index (χ3n) is 2.87. The third kappa shape index (κ3) is 2.14. The van der Waals surface area contributed by atoms with Crippen LogP contribution in [0.4, 0.5) is 5.82 Å². The zero-order chi connectivity index (χ0) is 13.5. The number of nitrogens with zero attached hydrogens (tertiary/aromatic N) is 3. The summed E-state index contributed by atoms with van der Waals surface area (Å²) in [5.74, 6) is 0.488. The molecule has 0 atom stereocenters. The molecule has 0 aliphatic rings. The van der Waals surface area contributed by atoms with E-state index in [9.17, 15) is 0 Å². The number of rotatable bonds is 1. The molecule has 1 heterocycles. The van der Waals surface area contributed by atoms with Crippen molar-refractivity contribution in [2.75, 3.05) is 5.73 Å². The van der Waals surface area contributed by atoms with Gasteiger partial charge in [-0.2, -0.15) is 0 Å². The average molecular weight is 309 g/mol. The molecule has 5 heteroatoms. The Labute approximate surface area is 115 Å². The molecule has 0 amide bonds. The van der Waals surface area contributed by atoms with Crippen LogP contribution in [0.3, 0.4) is 0 Å². The van der Waals surface area contributed by atoms with Crippen LogP contribution in [-0.4, -0.2) is 15.0 Å². The van der Waals surface area contributed by atoms with Gasteiger partial charge in [-0.05, 0) is 24.6 Å². The maximum Gasteiger partial charge on any atom is 0.170 e. The molecule has 2 rings (SSSR count). The summed E-state index contributed by atoms with van der Waals surface area (Å²) in [5.41, 5.74) is 8.89. The van der Waals surface area contributed by atoms with Crippen LogP contribution in [0, 0.1) is 6.92 Å². The van der Waals surface area contributed by atoms with E-state index in [0.29, 0.717) is 5.82 Å². The summed E-state index contributed by atoms with van der Waals surface area (Å²) in [6.45, 7) is 8.35. The molecule has 0 aliphatic heterocycles. The zero-order valence-corrected chi connectivity index (χ0v) is 12.6. The number of hydrogen-bond donors (Lipinski definition) is 1. The van der Waals surface area contributed by atoms with Crippen molar-refractivity contribution < 1.29 is 0 Å². The van der Waals surface area contributed by atoms with Gasteiger partial charge < -0.3 is 5.73 Å². The molecular weight excluding hydrogens is 292 g/mol. The number of halogens is 1. The fraction of sp³-hybridized carbons (Fsp3) is 0.385. The first kappa shape index (κ1) is 13.1. The Bertz CT molecular complexity index is 581. The van der Waals surface area contributed by atoms with Gasteiger partial charge in [-0.1, -0.05) is 48.0 Å². The van der Waals surface area contributed by atoms with Crippen LogP contribution in [0.2, 0.25) is 0 Å². The average Bonchev–Trinajstić information content (AvgIpc) is 2.64. The van der Waals surface area contributed by atoms with E-state index < -0.39 is 0 Å². The van der Waals surface area contributed by atoms with Crippen molar-refractivity contribution in [3.63, 3.8) is 0 Å². The number of nitrogens with two attached hydrogens (primary N) is 1. The van der Waals surface area contributed by atoms with E-state index in [1.165, 1.54) is 0 Å². The Hall–Kier alpha value is -1.36. The van der Waals surface area contributed by atoms with E-state index in [1.54, 1.807) is 0 Å². The van der Waals surface area contributed by atoms with Crippen LogP contribution < -0.4 is 5.73 Å². The van der Waals surface area contributed by atoms with Crippen LogP contribution in [0.15, 0.2) is 22.7 Å². The number of nitrogen functional groups attached to an aromatic ring is 1. The molecule has 1 aromatic heterocycles. The van der Waals surface area contributed by atoms with E-state index in [-0.39, 0.29) is 5.41 Å². The minimum atomic E-state index is -0.109. The predicted octanol–water partition coefficient (Wildman–Crippen LogP) is 3.22. The maximum atomic E-state index is 5.95. The fourth-order valence-electron chi connectivity index (χ4n) is 1.99. The molecule has 0 spiro atoms. The van der Waals surface area contributed by atoms with E-state index in [1.807, 2.05) is 29.8 Å². The molecule has 96 valence electrons. The molecule has 2 N–H and O–H groups in total. The second-order valence-electron chi connectivity index (χ2n) is 5.37. The van der Waals surface area contributed by atoms with Gasteiger partial charge in [0.15, 0.2) is 5.82 Å². The molecule has 0 saturated heterocycles. The summed E-state index contributed by atoms with van der Waals surface area (Å²) in [7, 11) is 0. The molecule has 0 fully saturated rings. The van der Waals surface area contributed by atoms with E-state index >= 15 is 0 Å². The smallest absolute Gasteiger partial charge is 0.170 e. The number of hydrogen-bond acceptors (Lipinski definition) is 3. The van der Waals surface area contributed by atoms with Crippen molar-refractivity contribution >= 4 is 21.7 Å². The number of benzene rings is 1. The normalized spacial score (nSPS) is 11.8. The van der Waals surface area contributed by atoms with Gasteiger partial charge in [0.25, 0.3) is 0 Å². The second-order valence-corrected chi connectivity index (χ2v) is 6.22. The van der Waals surface area contributed by atoms with Crippen LogP contribution in [0.25, 0.3) is 5.69 Å². The molecule has 2 aromatic rings. The predicted molar refractivity (Wildman–Crippen MR) is 76.9 cm³/mol. The Kier molecular flexibility index (Phi) is 3.19. The third-order valence-corrected chi connectivity index (χ3v) is 3.73. The molecular formula is C13H17BrN4. The van der Waals surface area contributed by atoms with Crippen LogP contribution in [0.5, 0.6) is 0 Å². The van der Waals surface area contributed by atoms with Gasteiger partial charge >= 0.3 is 0 Å². The fourth-order valence-corrected chi connectivity index (χ4v) is 2.35. The van der Waals surface area contributed by atoms with Crippen LogP contribution in [-0.2, 0) is 5.41 Å². The van der Waals surface area contributed by atoms with Gasteiger partial charge in [0.1, 0.15) is 0 Å². The maximum absolute atomic E-state index is 5.95. The molecule has 0 aliphatic carbocycles. The van der Waals surface area contributed by atoms with Gasteiger partial charge in [-0.25, -0.2) is 4.68 Å². The lowest BCUT2D eigenvalue weighted by Crippen LogP contribution is -2.19. The zero-order valence-electron chi connectivity index (χ0n) is 11.0. The first-order valence-electron chi connectivity index (χ1n) is 5.79. The lowest BCUT2D eigenvalue weighted by atomic mass is 9.91.